The van der Waals surface area contributed by atoms with Crippen molar-refractivity contribution in [3.8, 4) is 6.07 Å². The summed E-state index contributed by atoms with van der Waals surface area (Å²) in [6.45, 7) is 0.519. The van der Waals surface area contributed by atoms with E-state index >= 15 is 0 Å². The predicted octanol–water partition coefficient (Wildman–Crippen LogP) is 0.873. The number of rotatable bonds is 3. The Morgan fingerprint density at radius 3 is 3.00 bits per heavy atom. The Labute approximate surface area is 75.3 Å². The summed E-state index contributed by atoms with van der Waals surface area (Å²) in [6, 6.07) is 5.54. The molecule has 2 N–H and O–H groups in total. The van der Waals surface area contributed by atoms with E-state index in [0.717, 1.165) is 4.88 Å². The van der Waals surface area contributed by atoms with Gasteiger partial charge in [0.2, 0.25) is 0 Å². The second-order valence-corrected chi connectivity index (χ2v) is 3.50. The highest BCUT2D eigenvalue weighted by Gasteiger charge is 2.08. The van der Waals surface area contributed by atoms with Gasteiger partial charge in [-0.2, -0.15) is 5.26 Å². The van der Waals surface area contributed by atoms with Gasteiger partial charge in [-0.25, -0.2) is 0 Å². The van der Waals surface area contributed by atoms with E-state index in [1.807, 2.05) is 6.07 Å². The first-order valence-electron chi connectivity index (χ1n) is 3.60. The summed E-state index contributed by atoms with van der Waals surface area (Å²) < 4.78 is 0. The van der Waals surface area contributed by atoms with Crippen molar-refractivity contribution in [2.75, 3.05) is 13.6 Å². The molecule has 1 aromatic rings. The molecule has 0 amide bonds. The van der Waals surface area contributed by atoms with Crippen LogP contribution in [0.4, 0.5) is 0 Å². The zero-order valence-electron chi connectivity index (χ0n) is 6.74. The number of nitrogens with zero attached hydrogens (tertiary/aromatic N) is 1. The number of nitrogens with one attached hydrogen (secondary N) is 1. The molecule has 1 rings (SSSR count). The molecule has 0 saturated heterocycles. The first-order chi connectivity index (χ1) is 5.77. The highest BCUT2D eigenvalue weighted by molar-refractivity contribution is 7.12. The molecule has 0 aromatic carbocycles. The normalized spacial score (nSPS) is 12.4. The summed E-state index contributed by atoms with van der Waals surface area (Å²) >= 11 is 1.33. The van der Waals surface area contributed by atoms with Gasteiger partial charge in [-0.3, -0.25) is 0 Å². The molecular formula is C8H10N2OS. The van der Waals surface area contributed by atoms with Crippen molar-refractivity contribution >= 4 is 11.3 Å². The van der Waals surface area contributed by atoms with Gasteiger partial charge in [-0.1, -0.05) is 0 Å². The third-order valence-electron chi connectivity index (χ3n) is 1.46. The number of hydrogen-bond donors (Lipinski definition) is 2. The summed E-state index contributed by atoms with van der Waals surface area (Å²) in [5.41, 5.74) is 0. The maximum Gasteiger partial charge on any atom is 0.110 e. The Hall–Kier alpha value is -0.890. The molecule has 3 nitrogen and oxygen atoms in total. The molecular weight excluding hydrogens is 172 g/mol. The number of thiophene rings is 1. The average Bonchev–Trinajstić information content (AvgIpc) is 2.52. The van der Waals surface area contributed by atoms with E-state index in [-0.39, 0.29) is 0 Å². The number of hydrogen-bond acceptors (Lipinski definition) is 4. The fraction of sp³-hybridized carbons (Fsp3) is 0.375. The van der Waals surface area contributed by atoms with Crippen LogP contribution in [0.2, 0.25) is 0 Å². The molecule has 0 fully saturated rings. The third kappa shape index (κ3) is 2.05. The first kappa shape index (κ1) is 9.20. The van der Waals surface area contributed by atoms with E-state index in [9.17, 15) is 5.11 Å². The maximum absolute atomic E-state index is 9.47. The van der Waals surface area contributed by atoms with Crippen LogP contribution < -0.4 is 5.32 Å². The average molecular weight is 182 g/mol. The van der Waals surface area contributed by atoms with E-state index < -0.39 is 6.10 Å². The molecule has 1 aromatic heterocycles. The van der Waals surface area contributed by atoms with E-state index in [2.05, 4.69) is 5.32 Å². The summed E-state index contributed by atoms with van der Waals surface area (Å²) in [5, 5.41) is 20.9. The standard InChI is InChI=1S/C8H10N2OS/c1-10-5-7(11)8-3-2-6(4-9)12-8/h2-3,7,10-11H,5H2,1H3. The molecule has 4 heteroatoms. The molecule has 0 aliphatic rings. The first-order valence-corrected chi connectivity index (χ1v) is 4.42. The lowest BCUT2D eigenvalue weighted by Crippen LogP contribution is -2.15. The van der Waals surface area contributed by atoms with Crippen molar-refractivity contribution in [2.24, 2.45) is 0 Å². The van der Waals surface area contributed by atoms with E-state index in [0.29, 0.717) is 11.4 Å². The zero-order valence-corrected chi connectivity index (χ0v) is 7.56. The molecule has 0 spiro atoms. The smallest absolute Gasteiger partial charge is 0.110 e. The van der Waals surface area contributed by atoms with Crippen LogP contribution in [-0.2, 0) is 0 Å². The Morgan fingerprint density at radius 2 is 2.50 bits per heavy atom. The van der Waals surface area contributed by atoms with Gasteiger partial charge >= 0.3 is 0 Å². The second kappa shape index (κ2) is 4.21. The van der Waals surface area contributed by atoms with Crippen LogP contribution >= 0.6 is 11.3 Å². The number of aliphatic hydroxyl groups excluding tert-OH is 1. The highest BCUT2D eigenvalue weighted by atomic mass is 32.1. The molecule has 0 aliphatic carbocycles. The second-order valence-electron chi connectivity index (χ2n) is 2.39. The third-order valence-corrected chi connectivity index (χ3v) is 2.55. The fourth-order valence-electron chi connectivity index (χ4n) is 0.886. The minimum Gasteiger partial charge on any atom is -0.386 e. The van der Waals surface area contributed by atoms with Gasteiger partial charge in [-0.15, -0.1) is 11.3 Å². The number of aliphatic hydroxyl groups is 1. The molecule has 0 aliphatic heterocycles. The van der Waals surface area contributed by atoms with Crippen LogP contribution in [0.1, 0.15) is 15.9 Å². The van der Waals surface area contributed by atoms with Gasteiger partial charge in [0, 0.05) is 11.4 Å². The van der Waals surface area contributed by atoms with Gasteiger partial charge in [0.25, 0.3) is 0 Å². The minimum absolute atomic E-state index is 0.498. The highest BCUT2D eigenvalue weighted by Crippen LogP contribution is 2.21. The quantitative estimate of drug-likeness (QED) is 0.729. The zero-order chi connectivity index (χ0) is 8.97. The van der Waals surface area contributed by atoms with Crippen molar-refractivity contribution in [1.29, 1.82) is 5.26 Å². The van der Waals surface area contributed by atoms with Crippen LogP contribution in [0.5, 0.6) is 0 Å². The van der Waals surface area contributed by atoms with Crippen molar-refractivity contribution in [3.63, 3.8) is 0 Å². The minimum atomic E-state index is -0.498. The van der Waals surface area contributed by atoms with Crippen molar-refractivity contribution < 1.29 is 5.11 Å². The van der Waals surface area contributed by atoms with Gasteiger partial charge < -0.3 is 10.4 Å². The Bertz CT molecular complexity index is 289. The largest absolute Gasteiger partial charge is 0.386 e. The van der Waals surface area contributed by atoms with Crippen LogP contribution in [0.15, 0.2) is 12.1 Å². The van der Waals surface area contributed by atoms with E-state index in [4.69, 9.17) is 5.26 Å². The monoisotopic (exact) mass is 182 g/mol. The van der Waals surface area contributed by atoms with Crippen LogP contribution in [0.3, 0.4) is 0 Å². The van der Waals surface area contributed by atoms with E-state index in [1.165, 1.54) is 11.3 Å². The maximum atomic E-state index is 9.47. The molecule has 12 heavy (non-hydrogen) atoms. The molecule has 0 saturated carbocycles. The lowest BCUT2D eigenvalue weighted by molar-refractivity contribution is 0.181. The van der Waals surface area contributed by atoms with Crippen LogP contribution in [-0.4, -0.2) is 18.7 Å². The topological polar surface area (TPSA) is 56.0 Å². The molecule has 1 atom stereocenters. The number of likely N-dealkylation sites (N-methyl/N-ethyl adjacent to an activating group) is 1. The summed E-state index contributed by atoms with van der Waals surface area (Å²) in [4.78, 5) is 1.47. The van der Waals surface area contributed by atoms with Crippen LogP contribution in [0, 0.1) is 11.3 Å². The molecule has 1 unspecified atom stereocenters. The van der Waals surface area contributed by atoms with Crippen LogP contribution in [0.25, 0.3) is 0 Å². The van der Waals surface area contributed by atoms with Crippen molar-refractivity contribution in [2.45, 2.75) is 6.10 Å². The molecule has 64 valence electrons. The number of nitriles is 1. The summed E-state index contributed by atoms with van der Waals surface area (Å²) in [5.74, 6) is 0. The van der Waals surface area contributed by atoms with Gasteiger partial charge in [0.1, 0.15) is 17.1 Å². The van der Waals surface area contributed by atoms with Crippen molar-refractivity contribution in [1.82, 2.24) is 5.32 Å². The lowest BCUT2D eigenvalue weighted by Gasteiger charge is -2.05. The SMILES string of the molecule is CNCC(O)c1ccc(C#N)s1. The molecule has 1 heterocycles. The molecule has 0 bridgehead atoms. The molecule has 0 radical (unpaired) electrons. The Kier molecular flexibility index (Phi) is 3.23. The van der Waals surface area contributed by atoms with Gasteiger partial charge in [0.05, 0.1) is 0 Å². The van der Waals surface area contributed by atoms with Crippen molar-refractivity contribution in [3.05, 3.63) is 21.9 Å². The fourth-order valence-corrected chi connectivity index (χ4v) is 1.68. The van der Waals surface area contributed by atoms with E-state index in [1.54, 1.807) is 19.2 Å². The predicted molar refractivity (Wildman–Crippen MR) is 47.9 cm³/mol. The Balaban J connectivity index is 2.69. The van der Waals surface area contributed by atoms with Gasteiger partial charge in [-0.05, 0) is 19.2 Å². The lowest BCUT2D eigenvalue weighted by atomic mass is 10.3. The van der Waals surface area contributed by atoms with Gasteiger partial charge in [0.15, 0.2) is 0 Å². The summed E-state index contributed by atoms with van der Waals surface area (Å²) in [7, 11) is 1.78. The summed E-state index contributed by atoms with van der Waals surface area (Å²) in [6.07, 6.45) is -0.498. The Morgan fingerprint density at radius 1 is 1.75 bits per heavy atom.